The van der Waals surface area contributed by atoms with Crippen molar-refractivity contribution in [3.63, 3.8) is 0 Å². The summed E-state index contributed by atoms with van der Waals surface area (Å²) in [5, 5.41) is 18.4. The van der Waals surface area contributed by atoms with E-state index in [9.17, 15) is 4.79 Å². The monoisotopic (exact) mass is 369 g/mol. The number of likely N-dealkylation sites (tertiary alicyclic amines) is 1. The molecule has 2 rings (SSSR count). The van der Waals surface area contributed by atoms with Crippen LogP contribution in [0.5, 0.6) is 5.75 Å². The van der Waals surface area contributed by atoms with Gasteiger partial charge in [-0.2, -0.15) is 0 Å². The minimum atomic E-state index is -1.43. The van der Waals surface area contributed by atoms with Crippen molar-refractivity contribution in [1.29, 1.82) is 0 Å². The SMILES string of the molecule is CC(C)(C)c1cc(Cl)ccc1OC1CCN(C(=O)CCC(O)O)CC1. The van der Waals surface area contributed by atoms with Gasteiger partial charge in [-0.1, -0.05) is 32.4 Å². The van der Waals surface area contributed by atoms with Crippen LogP contribution in [0.25, 0.3) is 0 Å². The van der Waals surface area contributed by atoms with Crippen molar-refractivity contribution >= 4 is 17.5 Å². The molecule has 1 heterocycles. The number of amides is 1. The number of aliphatic hydroxyl groups excluding tert-OH is 1. The van der Waals surface area contributed by atoms with E-state index in [4.69, 9.17) is 26.6 Å². The van der Waals surface area contributed by atoms with E-state index in [-0.39, 0.29) is 30.3 Å². The summed E-state index contributed by atoms with van der Waals surface area (Å²) in [5.74, 6) is 0.818. The molecule has 0 unspecified atom stereocenters. The van der Waals surface area contributed by atoms with Crippen LogP contribution < -0.4 is 4.74 Å². The number of carbonyl (C=O) groups excluding carboxylic acids is 1. The van der Waals surface area contributed by atoms with Crippen LogP contribution in [0.2, 0.25) is 5.02 Å². The van der Waals surface area contributed by atoms with Gasteiger partial charge in [-0.15, -0.1) is 0 Å². The van der Waals surface area contributed by atoms with E-state index in [2.05, 4.69) is 20.8 Å². The third-order valence-electron chi connectivity index (χ3n) is 4.45. The van der Waals surface area contributed by atoms with Gasteiger partial charge < -0.3 is 19.8 Å². The molecule has 5 nitrogen and oxygen atoms in total. The first-order valence-corrected chi connectivity index (χ1v) is 9.15. The number of aliphatic hydroxyl groups is 2. The molecular formula is C19H28ClNO4. The second-order valence-electron chi connectivity index (χ2n) is 7.61. The summed E-state index contributed by atoms with van der Waals surface area (Å²) in [4.78, 5) is 13.8. The Balaban J connectivity index is 1.93. The maximum Gasteiger partial charge on any atom is 0.222 e. The normalized spacial score (nSPS) is 16.4. The summed E-state index contributed by atoms with van der Waals surface area (Å²) in [5.41, 5.74) is 1.01. The van der Waals surface area contributed by atoms with Crippen LogP contribution >= 0.6 is 11.6 Å². The molecule has 0 aliphatic carbocycles. The molecular weight excluding hydrogens is 342 g/mol. The van der Waals surface area contributed by atoms with Crippen LogP contribution in [0, 0.1) is 0 Å². The lowest BCUT2D eigenvalue weighted by Crippen LogP contribution is -2.42. The first-order chi connectivity index (χ1) is 11.7. The molecule has 0 aromatic heterocycles. The predicted molar refractivity (Wildman–Crippen MR) is 97.8 cm³/mol. The largest absolute Gasteiger partial charge is 0.490 e. The van der Waals surface area contributed by atoms with Crippen LogP contribution in [0.3, 0.4) is 0 Å². The zero-order chi connectivity index (χ0) is 18.6. The summed E-state index contributed by atoms with van der Waals surface area (Å²) in [6.07, 6.45) is 0.406. The molecule has 0 spiro atoms. The molecule has 140 valence electrons. The fourth-order valence-corrected chi connectivity index (χ4v) is 3.18. The van der Waals surface area contributed by atoms with E-state index in [1.807, 2.05) is 18.2 Å². The third-order valence-corrected chi connectivity index (χ3v) is 4.69. The lowest BCUT2D eigenvalue weighted by Gasteiger charge is -2.33. The molecule has 1 fully saturated rings. The maximum atomic E-state index is 12.0. The third kappa shape index (κ3) is 5.87. The lowest BCUT2D eigenvalue weighted by atomic mass is 9.86. The minimum Gasteiger partial charge on any atom is -0.490 e. The molecule has 25 heavy (non-hydrogen) atoms. The van der Waals surface area contributed by atoms with Gasteiger partial charge in [0.25, 0.3) is 0 Å². The van der Waals surface area contributed by atoms with Crippen LogP contribution in [-0.2, 0) is 10.2 Å². The quantitative estimate of drug-likeness (QED) is 0.782. The van der Waals surface area contributed by atoms with Gasteiger partial charge in [-0.05, 0) is 23.6 Å². The Hall–Kier alpha value is -1.30. The second-order valence-corrected chi connectivity index (χ2v) is 8.04. The summed E-state index contributed by atoms with van der Waals surface area (Å²) in [6.45, 7) is 7.64. The van der Waals surface area contributed by atoms with E-state index < -0.39 is 6.29 Å². The zero-order valence-electron chi connectivity index (χ0n) is 15.2. The lowest BCUT2D eigenvalue weighted by molar-refractivity contribution is -0.135. The van der Waals surface area contributed by atoms with E-state index >= 15 is 0 Å². The number of hydrogen-bond donors (Lipinski definition) is 2. The molecule has 0 radical (unpaired) electrons. The van der Waals surface area contributed by atoms with E-state index in [1.165, 1.54) is 0 Å². The van der Waals surface area contributed by atoms with Gasteiger partial charge in [0.15, 0.2) is 6.29 Å². The molecule has 1 aromatic carbocycles. The van der Waals surface area contributed by atoms with E-state index in [1.54, 1.807) is 4.90 Å². The Morgan fingerprint density at radius 3 is 2.52 bits per heavy atom. The minimum absolute atomic E-state index is 0.0339. The number of piperidine rings is 1. The molecule has 2 N–H and O–H groups in total. The van der Waals surface area contributed by atoms with Gasteiger partial charge in [0.2, 0.25) is 5.91 Å². The fraction of sp³-hybridized carbons (Fsp3) is 0.632. The number of rotatable bonds is 5. The average Bonchev–Trinajstić information content (AvgIpc) is 2.54. The Labute approximate surface area is 154 Å². The maximum absolute atomic E-state index is 12.0. The zero-order valence-corrected chi connectivity index (χ0v) is 15.9. The van der Waals surface area contributed by atoms with Crippen LogP contribution in [0.15, 0.2) is 18.2 Å². The Kier molecular flexibility index (Phi) is 6.72. The van der Waals surface area contributed by atoms with Crippen molar-refractivity contribution in [2.75, 3.05) is 13.1 Å². The molecule has 1 saturated heterocycles. The molecule has 1 amide bonds. The Morgan fingerprint density at radius 2 is 1.96 bits per heavy atom. The number of ether oxygens (including phenoxy) is 1. The Morgan fingerprint density at radius 1 is 1.32 bits per heavy atom. The molecule has 0 atom stereocenters. The fourth-order valence-electron chi connectivity index (χ4n) is 3.00. The van der Waals surface area contributed by atoms with Gasteiger partial charge in [0, 0.05) is 49.4 Å². The topological polar surface area (TPSA) is 70.0 Å². The first-order valence-electron chi connectivity index (χ1n) is 8.77. The van der Waals surface area contributed by atoms with Crippen molar-refractivity contribution in [3.05, 3.63) is 28.8 Å². The first kappa shape index (κ1) is 20.0. The van der Waals surface area contributed by atoms with Gasteiger partial charge in [0.05, 0.1) is 0 Å². The molecule has 6 heteroatoms. The molecule has 0 saturated carbocycles. The highest BCUT2D eigenvalue weighted by molar-refractivity contribution is 6.30. The summed E-state index contributed by atoms with van der Waals surface area (Å²) < 4.78 is 6.22. The summed E-state index contributed by atoms with van der Waals surface area (Å²) >= 11 is 6.14. The standard InChI is InChI=1S/C19H28ClNO4/c1-19(2,3)15-12-13(20)4-5-16(15)25-14-8-10-21(11-9-14)17(22)6-7-18(23)24/h4-5,12,14,18,23-24H,6-11H2,1-3H3. The summed E-state index contributed by atoms with van der Waals surface area (Å²) in [7, 11) is 0. The van der Waals surface area contributed by atoms with Crippen LogP contribution in [0.1, 0.15) is 52.0 Å². The molecule has 1 aliphatic heterocycles. The van der Waals surface area contributed by atoms with Crippen molar-refractivity contribution in [1.82, 2.24) is 4.90 Å². The van der Waals surface area contributed by atoms with Crippen LogP contribution in [0.4, 0.5) is 0 Å². The van der Waals surface area contributed by atoms with Crippen molar-refractivity contribution in [3.8, 4) is 5.75 Å². The van der Waals surface area contributed by atoms with E-state index in [0.717, 1.165) is 24.2 Å². The van der Waals surface area contributed by atoms with Gasteiger partial charge in [-0.3, -0.25) is 4.79 Å². The second kappa shape index (κ2) is 8.39. The number of carbonyl (C=O) groups is 1. The van der Waals surface area contributed by atoms with Gasteiger partial charge in [0.1, 0.15) is 11.9 Å². The number of benzene rings is 1. The van der Waals surface area contributed by atoms with Gasteiger partial charge >= 0.3 is 0 Å². The summed E-state index contributed by atoms with van der Waals surface area (Å²) in [6, 6.07) is 5.71. The van der Waals surface area contributed by atoms with Crippen molar-refractivity contribution < 1.29 is 19.7 Å². The van der Waals surface area contributed by atoms with Crippen LogP contribution in [-0.4, -0.2) is 46.5 Å². The number of hydrogen-bond acceptors (Lipinski definition) is 4. The van der Waals surface area contributed by atoms with E-state index in [0.29, 0.717) is 18.1 Å². The number of nitrogens with zero attached hydrogens (tertiary/aromatic N) is 1. The Bertz CT molecular complexity index is 590. The molecule has 0 bridgehead atoms. The van der Waals surface area contributed by atoms with Crippen molar-refractivity contribution in [2.45, 2.75) is 64.3 Å². The molecule has 1 aliphatic rings. The van der Waals surface area contributed by atoms with Gasteiger partial charge in [-0.25, -0.2) is 0 Å². The number of halogens is 1. The smallest absolute Gasteiger partial charge is 0.222 e. The molecule has 1 aromatic rings. The average molecular weight is 370 g/mol. The predicted octanol–water partition coefficient (Wildman–Crippen LogP) is 3.10. The highest BCUT2D eigenvalue weighted by atomic mass is 35.5. The van der Waals surface area contributed by atoms with Crippen molar-refractivity contribution in [2.24, 2.45) is 0 Å². The highest BCUT2D eigenvalue weighted by Gasteiger charge is 2.26. The highest BCUT2D eigenvalue weighted by Crippen LogP contribution is 2.35.